The molecule has 0 aliphatic carbocycles. The zero-order chi connectivity index (χ0) is 17.3. The van der Waals surface area contributed by atoms with E-state index in [1.807, 2.05) is 24.0 Å². The minimum atomic E-state index is -4.78. The SMILES string of the molecule is CCCN1c2ccc(OC(F)(F)F)cc2NC(=O)c2ccccc21. The van der Waals surface area contributed by atoms with Gasteiger partial charge in [-0.1, -0.05) is 19.1 Å². The fraction of sp³-hybridized carbons (Fsp3) is 0.235. The molecule has 2 aromatic rings. The molecule has 0 radical (unpaired) electrons. The van der Waals surface area contributed by atoms with Crippen LogP contribution in [-0.4, -0.2) is 18.8 Å². The standard InChI is InChI=1S/C17H15F3N2O2/c1-2-9-22-14-6-4-3-5-12(14)16(23)21-13-10-11(7-8-15(13)22)24-17(18,19)20/h3-8,10H,2,9H2,1H3,(H,21,23). The highest BCUT2D eigenvalue weighted by Crippen LogP contribution is 2.40. The second-order valence-electron chi connectivity index (χ2n) is 5.35. The van der Waals surface area contributed by atoms with Gasteiger partial charge in [-0.3, -0.25) is 4.79 Å². The molecular weight excluding hydrogens is 321 g/mol. The Labute approximate surface area is 136 Å². The van der Waals surface area contributed by atoms with Crippen molar-refractivity contribution in [2.24, 2.45) is 0 Å². The van der Waals surface area contributed by atoms with E-state index in [1.54, 1.807) is 12.1 Å². The summed E-state index contributed by atoms with van der Waals surface area (Å²) in [5, 5.41) is 2.67. The van der Waals surface area contributed by atoms with Gasteiger partial charge in [0.05, 0.1) is 22.6 Å². The summed E-state index contributed by atoms with van der Waals surface area (Å²) in [6.45, 7) is 2.61. The van der Waals surface area contributed by atoms with Crippen LogP contribution in [0.15, 0.2) is 42.5 Å². The number of carbonyl (C=O) groups excluding carboxylic acids is 1. The van der Waals surface area contributed by atoms with E-state index in [0.29, 0.717) is 17.8 Å². The number of hydrogen-bond acceptors (Lipinski definition) is 3. The van der Waals surface area contributed by atoms with Crippen molar-refractivity contribution in [3.8, 4) is 5.75 Å². The van der Waals surface area contributed by atoms with Gasteiger partial charge in [0, 0.05) is 12.6 Å². The number of rotatable bonds is 3. The highest BCUT2D eigenvalue weighted by atomic mass is 19.4. The van der Waals surface area contributed by atoms with Gasteiger partial charge in [0.1, 0.15) is 5.75 Å². The first-order valence-corrected chi connectivity index (χ1v) is 7.47. The highest BCUT2D eigenvalue weighted by Gasteiger charge is 2.32. The quantitative estimate of drug-likeness (QED) is 0.883. The van der Waals surface area contributed by atoms with Crippen LogP contribution in [0.25, 0.3) is 0 Å². The van der Waals surface area contributed by atoms with Crippen LogP contribution in [0, 0.1) is 0 Å². The Hall–Kier alpha value is -2.70. The summed E-state index contributed by atoms with van der Waals surface area (Å²) in [6.07, 6.45) is -3.97. The molecule has 0 saturated carbocycles. The van der Waals surface area contributed by atoms with Crippen LogP contribution < -0.4 is 15.0 Å². The van der Waals surface area contributed by atoms with Gasteiger partial charge in [-0.05, 0) is 30.7 Å². The van der Waals surface area contributed by atoms with Crippen LogP contribution in [0.5, 0.6) is 5.75 Å². The summed E-state index contributed by atoms with van der Waals surface area (Å²) in [4.78, 5) is 14.3. The monoisotopic (exact) mass is 336 g/mol. The molecule has 0 spiro atoms. The van der Waals surface area contributed by atoms with E-state index in [9.17, 15) is 18.0 Å². The molecule has 0 fully saturated rings. The number of anilines is 3. The second kappa shape index (κ2) is 6.07. The van der Waals surface area contributed by atoms with Gasteiger partial charge < -0.3 is 15.0 Å². The molecule has 24 heavy (non-hydrogen) atoms. The summed E-state index contributed by atoms with van der Waals surface area (Å²) in [5.74, 6) is -0.737. The number of hydrogen-bond donors (Lipinski definition) is 1. The van der Waals surface area contributed by atoms with Gasteiger partial charge in [0.2, 0.25) is 0 Å². The normalized spacial score (nSPS) is 13.7. The first-order chi connectivity index (χ1) is 11.4. The molecule has 1 amide bonds. The number of halogens is 3. The van der Waals surface area contributed by atoms with Crippen molar-refractivity contribution in [1.82, 2.24) is 0 Å². The average molecular weight is 336 g/mol. The molecule has 0 aromatic heterocycles. The number of alkyl halides is 3. The summed E-state index contributed by atoms with van der Waals surface area (Å²) in [6, 6.07) is 11.0. The number of carbonyl (C=O) groups is 1. The molecule has 1 aliphatic heterocycles. The number of para-hydroxylation sites is 1. The van der Waals surface area contributed by atoms with Crippen molar-refractivity contribution >= 4 is 23.0 Å². The lowest BCUT2D eigenvalue weighted by Crippen LogP contribution is -2.19. The molecule has 0 unspecified atom stereocenters. The Kier molecular flexibility index (Phi) is 4.09. The van der Waals surface area contributed by atoms with Crippen LogP contribution in [0.1, 0.15) is 23.7 Å². The lowest BCUT2D eigenvalue weighted by Gasteiger charge is -2.25. The van der Waals surface area contributed by atoms with Gasteiger partial charge in [-0.15, -0.1) is 13.2 Å². The van der Waals surface area contributed by atoms with Crippen molar-refractivity contribution in [1.29, 1.82) is 0 Å². The summed E-state index contributed by atoms with van der Waals surface area (Å²) >= 11 is 0. The van der Waals surface area contributed by atoms with E-state index < -0.39 is 6.36 Å². The van der Waals surface area contributed by atoms with Crippen LogP contribution in [0.2, 0.25) is 0 Å². The maximum absolute atomic E-state index is 12.4. The van der Waals surface area contributed by atoms with Gasteiger partial charge in [0.15, 0.2) is 0 Å². The van der Waals surface area contributed by atoms with Crippen LogP contribution in [0.4, 0.5) is 30.2 Å². The molecule has 1 N–H and O–H groups in total. The third-order valence-electron chi connectivity index (χ3n) is 3.63. The first kappa shape index (κ1) is 16.2. The molecule has 0 atom stereocenters. The van der Waals surface area contributed by atoms with E-state index in [4.69, 9.17) is 0 Å². The molecule has 1 aliphatic rings. The lowest BCUT2D eigenvalue weighted by molar-refractivity contribution is -0.274. The Balaban J connectivity index is 2.09. The molecule has 0 bridgehead atoms. The Morgan fingerprint density at radius 2 is 1.88 bits per heavy atom. The minimum Gasteiger partial charge on any atom is -0.406 e. The van der Waals surface area contributed by atoms with Gasteiger partial charge >= 0.3 is 6.36 Å². The van der Waals surface area contributed by atoms with Crippen LogP contribution in [0.3, 0.4) is 0 Å². The predicted octanol–water partition coefficient (Wildman–Crippen LogP) is 4.70. The molecule has 2 aromatic carbocycles. The molecule has 3 rings (SSSR count). The number of amides is 1. The molecule has 7 heteroatoms. The van der Waals surface area contributed by atoms with Crippen LogP contribution in [-0.2, 0) is 0 Å². The van der Waals surface area contributed by atoms with E-state index >= 15 is 0 Å². The fourth-order valence-electron chi connectivity index (χ4n) is 2.73. The van der Waals surface area contributed by atoms with Crippen molar-refractivity contribution < 1.29 is 22.7 Å². The third-order valence-corrected chi connectivity index (χ3v) is 3.63. The first-order valence-electron chi connectivity index (χ1n) is 7.47. The average Bonchev–Trinajstić information content (AvgIpc) is 2.62. The number of nitrogens with one attached hydrogen (secondary N) is 1. The van der Waals surface area contributed by atoms with Crippen LogP contribution >= 0.6 is 0 Å². The molecular formula is C17H15F3N2O2. The fourth-order valence-corrected chi connectivity index (χ4v) is 2.73. The smallest absolute Gasteiger partial charge is 0.406 e. The largest absolute Gasteiger partial charge is 0.573 e. The van der Waals surface area contributed by atoms with Gasteiger partial charge in [0.25, 0.3) is 5.91 Å². The van der Waals surface area contributed by atoms with Crippen molar-refractivity contribution in [2.75, 3.05) is 16.8 Å². The van der Waals surface area contributed by atoms with E-state index in [1.165, 1.54) is 18.2 Å². The predicted molar refractivity (Wildman–Crippen MR) is 84.8 cm³/mol. The third kappa shape index (κ3) is 3.15. The lowest BCUT2D eigenvalue weighted by atomic mass is 10.1. The van der Waals surface area contributed by atoms with Gasteiger partial charge in [-0.2, -0.15) is 0 Å². The molecule has 1 heterocycles. The van der Waals surface area contributed by atoms with Crippen molar-refractivity contribution in [3.05, 3.63) is 48.0 Å². The van der Waals surface area contributed by atoms with E-state index in [0.717, 1.165) is 12.1 Å². The maximum Gasteiger partial charge on any atom is 0.573 e. The minimum absolute atomic E-state index is 0.284. The number of nitrogens with zero attached hydrogens (tertiary/aromatic N) is 1. The van der Waals surface area contributed by atoms with Crippen molar-refractivity contribution in [2.45, 2.75) is 19.7 Å². The second-order valence-corrected chi connectivity index (χ2v) is 5.35. The molecule has 0 saturated heterocycles. The summed E-state index contributed by atoms with van der Waals surface area (Å²) in [5.41, 5.74) is 2.11. The topological polar surface area (TPSA) is 41.6 Å². The van der Waals surface area contributed by atoms with Gasteiger partial charge in [-0.25, -0.2) is 0 Å². The van der Waals surface area contributed by atoms with E-state index in [-0.39, 0.29) is 17.3 Å². The Bertz CT molecular complexity index is 775. The number of fused-ring (bicyclic) bond motifs is 2. The van der Waals surface area contributed by atoms with E-state index in [2.05, 4.69) is 10.1 Å². The Morgan fingerprint density at radius 3 is 2.58 bits per heavy atom. The number of ether oxygens (including phenoxy) is 1. The van der Waals surface area contributed by atoms with Crippen molar-refractivity contribution in [3.63, 3.8) is 0 Å². The molecule has 4 nitrogen and oxygen atoms in total. The Morgan fingerprint density at radius 1 is 1.12 bits per heavy atom. The zero-order valence-electron chi connectivity index (χ0n) is 12.9. The highest BCUT2D eigenvalue weighted by molar-refractivity contribution is 6.12. The zero-order valence-corrected chi connectivity index (χ0v) is 12.9. The summed E-state index contributed by atoms with van der Waals surface area (Å²) < 4.78 is 41.2. The summed E-state index contributed by atoms with van der Waals surface area (Å²) in [7, 11) is 0. The number of benzene rings is 2. The molecule has 126 valence electrons. The maximum atomic E-state index is 12.4.